The minimum absolute atomic E-state index is 0.112. The lowest BCUT2D eigenvalue weighted by Crippen LogP contribution is -2.45. The Kier molecular flexibility index (Phi) is 46.7. The summed E-state index contributed by atoms with van der Waals surface area (Å²) in [6, 6.07) is 0. The van der Waals surface area contributed by atoms with Crippen molar-refractivity contribution in [3.8, 4) is 0 Å². The summed E-state index contributed by atoms with van der Waals surface area (Å²) in [5, 5.41) is 20.6. The van der Waals surface area contributed by atoms with Gasteiger partial charge in [-0.1, -0.05) is 251 Å². The molecule has 0 rings (SSSR count). The minimum Gasteiger partial charge on any atom is -0.451 e. The maximum Gasteiger partial charge on any atom is 0.306 e. The average molecular weight is 861 g/mol. The molecule has 360 valence electrons. The van der Waals surface area contributed by atoms with Gasteiger partial charge in [0.25, 0.3) is 0 Å². The first-order valence-electron chi connectivity index (χ1n) is 27.1. The van der Waals surface area contributed by atoms with Crippen LogP contribution in [0.3, 0.4) is 0 Å². The van der Waals surface area contributed by atoms with Gasteiger partial charge in [-0.2, -0.15) is 0 Å². The number of ether oxygens (including phenoxy) is 1. The van der Waals surface area contributed by atoms with Gasteiger partial charge in [-0.25, -0.2) is 0 Å². The summed E-state index contributed by atoms with van der Waals surface area (Å²) in [6.45, 7) is 6.08. The third-order valence-electron chi connectivity index (χ3n) is 12.8. The van der Waals surface area contributed by atoms with Gasteiger partial charge in [-0.05, 0) is 44.9 Å². The summed E-state index contributed by atoms with van der Waals surface area (Å²) in [5.74, 6) is -2.09. The van der Waals surface area contributed by atoms with Crippen LogP contribution in [0.25, 0.3) is 0 Å². The van der Waals surface area contributed by atoms with Crippen LogP contribution in [0.1, 0.15) is 297 Å². The summed E-state index contributed by atoms with van der Waals surface area (Å²) in [6.07, 6.45) is 50.8. The van der Waals surface area contributed by atoms with E-state index in [0.717, 1.165) is 77.0 Å². The van der Waals surface area contributed by atoms with E-state index in [-0.39, 0.29) is 12.2 Å². The highest BCUT2D eigenvalue weighted by atomic mass is 16.6. The van der Waals surface area contributed by atoms with Crippen LogP contribution in [-0.4, -0.2) is 46.6 Å². The monoisotopic (exact) mass is 861 g/mol. The molecule has 0 saturated carbocycles. The Hall–Kier alpha value is -1.53. The highest BCUT2D eigenvalue weighted by Crippen LogP contribution is 2.23. The largest absolute Gasteiger partial charge is 0.451 e. The van der Waals surface area contributed by atoms with Crippen molar-refractivity contribution in [3.63, 3.8) is 0 Å². The van der Waals surface area contributed by atoms with Crippen LogP contribution in [0.5, 0.6) is 0 Å². The Morgan fingerprint density at radius 3 is 1.10 bits per heavy atom. The number of rotatable bonds is 50. The second-order valence-electron chi connectivity index (χ2n) is 18.8. The molecule has 0 spiro atoms. The maximum atomic E-state index is 14.0. The smallest absolute Gasteiger partial charge is 0.306 e. The molecule has 0 saturated heterocycles. The highest BCUT2D eigenvalue weighted by Gasteiger charge is 2.38. The number of hydrogen-bond donors (Lipinski definition) is 2. The van der Waals surface area contributed by atoms with Gasteiger partial charge in [0, 0.05) is 12.8 Å². The quantitative estimate of drug-likeness (QED) is 0.0273. The number of unbranched alkanes of at least 4 members (excludes halogenated alkanes) is 36. The van der Waals surface area contributed by atoms with Crippen LogP contribution in [0.4, 0.5) is 0 Å². The molecule has 2 N–H and O–H groups in total. The zero-order chi connectivity index (χ0) is 44.7. The predicted octanol–water partition coefficient (Wildman–Crippen LogP) is 16.4. The van der Waals surface area contributed by atoms with Crippen molar-refractivity contribution in [1.29, 1.82) is 0 Å². The van der Waals surface area contributed by atoms with Crippen LogP contribution < -0.4 is 0 Å². The molecule has 61 heavy (non-hydrogen) atoms. The van der Waals surface area contributed by atoms with Crippen molar-refractivity contribution in [1.82, 2.24) is 0 Å². The van der Waals surface area contributed by atoms with Gasteiger partial charge >= 0.3 is 5.97 Å². The molecule has 3 unspecified atom stereocenters. The summed E-state index contributed by atoms with van der Waals surface area (Å²) in [5.41, 5.74) is 0. The van der Waals surface area contributed by atoms with E-state index in [0.29, 0.717) is 19.3 Å². The number of carbonyl (C=O) groups is 3. The van der Waals surface area contributed by atoms with Crippen molar-refractivity contribution < 1.29 is 29.3 Å². The van der Waals surface area contributed by atoms with Gasteiger partial charge in [0.15, 0.2) is 11.9 Å². The number of carbonyl (C=O) groups excluding carboxylic acids is 3. The molecule has 0 radical (unpaired) electrons. The van der Waals surface area contributed by atoms with Gasteiger partial charge in [-0.15, -0.1) is 0 Å². The van der Waals surface area contributed by atoms with E-state index in [4.69, 9.17) is 4.74 Å². The van der Waals surface area contributed by atoms with Crippen molar-refractivity contribution >= 4 is 17.5 Å². The van der Waals surface area contributed by atoms with Crippen molar-refractivity contribution in [2.45, 2.75) is 309 Å². The normalized spacial score (nSPS) is 13.2. The molecule has 0 fully saturated rings. The highest BCUT2D eigenvalue weighted by molar-refractivity contribution is 6.05. The topological polar surface area (TPSA) is 101 Å². The zero-order valence-electron chi connectivity index (χ0n) is 41.0. The van der Waals surface area contributed by atoms with Gasteiger partial charge in [0.2, 0.25) is 0 Å². The Balaban J connectivity index is 4.79. The van der Waals surface area contributed by atoms with E-state index >= 15 is 0 Å². The first kappa shape index (κ1) is 59.5. The third kappa shape index (κ3) is 39.8. The van der Waals surface area contributed by atoms with Crippen LogP contribution >= 0.6 is 0 Å². The maximum absolute atomic E-state index is 14.0. The molecule has 6 nitrogen and oxygen atoms in total. The van der Waals surface area contributed by atoms with E-state index in [1.165, 1.54) is 173 Å². The molecule has 0 aliphatic carbocycles. The van der Waals surface area contributed by atoms with Crippen LogP contribution in [-0.2, 0) is 19.1 Å². The molecule has 0 aliphatic heterocycles. The van der Waals surface area contributed by atoms with E-state index in [9.17, 15) is 24.6 Å². The molecule has 6 heteroatoms. The summed E-state index contributed by atoms with van der Waals surface area (Å²) >= 11 is 0. The first-order valence-corrected chi connectivity index (χ1v) is 27.1. The van der Waals surface area contributed by atoms with Gasteiger partial charge in [-0.3, -0.25) is 14.4 Å². The second kappa shape index (κ2) is 47.9. The van der Waals surface area contributed by atoms with Crippen molar-refractivity contribution in [2.75, 3.05) is 6.61 Å². The lowest BCUT2D eigenvalue weighted by molar-refractivity contribution is -0.166. The van der Waals surface area contributed by atoms with E-state index < -0.39 is 36.5 Å². The lowest BCUT2D eigenvalue weighted by Gasteiger charge is -2.25. The molecule has 0 aromatic heterocycles. The minimum atomic E-state index is -1.53. The number of aliphatic hydroxyl groups is 2. The average Bonchev–Trinajstić information content (AvgIpc) is 3.26. The Labute approximate surface area is 379 Å². The Morgan fingerprint density at radius 2 is 0.738 bits per heavy atom. The molecule has 3 atom stereocenters. The number of esters is 1. The molecule has 0 aliphatic rings. The zero-order valence-corrected chi connectivity index (χ0v) is 41.0. The fourth-order valence-electron chi connectivity index (χ4n) is 8.66. The lowest BCUT2D eigenvalue weighted by atomic mass is 9.86. The third-order valence-corrected chi connectivity index (χ3v) is 12.8. The first-order chi connectivity index (χ1) is 29.9. The van der Waals surface area contributed by atoms with E-state index in [1.54, 1.807) is 0 Å². The molecule has 0 aromatic rings. The number of ketones is 2. The number of hydrogen-bond acceptors (Lipinski definition) is 6. The van der Waals surface area contributed by atoms with Crippen molar-refractivity contribution in [2.24, 2.45) is 5.92 Å². The van der Waals surface area contributed by atoms with E-state index in [2.05, 4.69) is 32.9 Å². The van der Waals surface area contributed by atoms with E-state index in [1.807, 2.05) is 0 Å². The standard InChI is InChI=1S/C55H104O6/c1-4-7-10-13-16-19-22-25-27-29-32-35-38-41-44-47-51(57)50(46-43-40-37-34-31-24-21-18-15-12-9-6-3)54(60)55(52(58)49-56)61-53(59)48-45-42-39-36-33-30-28-26-23-20-17-14-11-8-5-2/h25,27,50,52,55-56,58H,4-24,26,28-49H2,1-3H3. The fourth-order valence-corrected chi connectivity index (χ4v) is 8.66. The summed E-state index contributed by atoms with van der Waals surface area (Å²) in [7, 11) is 0. The molecule has 0 amide bonds. The molecular formula is C55H104O6. The van der Waals surface area contributed by atoms with Crippen LogP contribution in [0.15, 0.2) is 12.2 Å². The van der Waals surface area contributed by atoms with Gasteiger partial charge in [0.1, 0.15) is 11.9 Å². The molecule has 0 aromatic carbocycles. The predicted molar refractivity (Wildman–Crippen MR) is 261 cm³/mol. The number of allylic oxidation sites excluding steroid dienone is 2. The van der Waals surface area contributed by atoms with Crippen molar-refractivity contribution in [3.05, 3.63) is 12.2 Å². The van der Waals surface area contributed by atoms with Gasteiger partial charge in [0.05, 0.1) is 12.5 Å². The Bertz CT molecular complexity index is 977. The van der Waals surface area contributed by atoms with Gasteiger partial charge < -0.3 is 14.9 Å². The molecular weight excluding hydrogens is 757 g/mol. The fraction of sp³-hybridized carbons (Fsp3) is 0.909. The summed E-state index contributed by atoms with van der Waals surface area (Å²) in [4.78, 5) is 40.6. The van der Waals surface area contributed by atoms with Crippen LogP contribution in [0, 0.1) is 5.92 Å². The van der Waals surface area contributed by atoms with Crippen LogP contribution in [0.2, 0.25) is 0 Å². The SMILES string of the molecule is CCCCCCCCC=CCCCCCCCC(=O)C(CCCCCCCCCCCCCC)C(=O)C(OC(=O)CCCCCCCCCCCCCCCCC)C(O)CO. The number of aliphatic hydroxyl groups excluding tert-OH is 2. The molecule has 0 heterocycles. The Morgan fingerprint density at radius 1 is 0.426 bits per heavy atom. The summed E-state index contributed by atoms with van der Waals surface area (Å²) < 4.78 is 5.60. The second-order valence-corrected chi connectivity index (χ2v) is 18.8. The number of Topliss-reactive ketones (excluding diaryl/α,β-unsaturated/α-hetero) is 2. The molecule has 0 bridgehead atoms.